The van der Waals surface area contributed by atoms with Crippen molar-refractivity contribution in [1.82, 2.24) is 9.97 Å². The Bertz CT molecular complexity index is 1120. The minimum Gasteiger partial charge on any atom is -0.397 e. The van der Waals surface area contributed by atoms with Crippen LogP contribution in [0.5, 0.6) is 0 Å². The second-order valence-electron chi connectivity index (χ2n) is 6.09. The van der Waals surface area contributed by atoms with Gasteiger partial charge in [-0.2, -0.15) is 13.2 Å². The Morgan fingerprint density at radius 2 is 1.88 bits per heavy atom. The maximum Gasteiger partial charge on any atom is 0.416 e. The van der Waals surface area contributed by atoms with E-state index in [4.69, 9.17) is 5.73 Å². The Morgan fingerprint density at radius 3 is 2.60 bits per heavy atom. The molecule has 1 aromatic carbocycles. The van der Waals surface area contributed by atoms with Crippen molar-refractivity contribution in [2.75, 3.05) is 5.73 Å². The number of thiophene rings is 1. The third kappa shape index (κ3) is 2.55. The van der Waals surface area contributed by atoms with Crippen LogP contribution in [-0.2, 0) is 6.18 Å². The third-order valence-corrected chi connectivity index (χ3v) is 5.35. The monoisotopic (exact) mass is 361 g/mol. The zero-order valence-electron chi connectivity index (χ0n) is 13.5. The van der Waals surface area contributed by atoms with Crippen LogP contribution in [0.4, 0.5) is 18.9 Å². The molecule has 4 aromatic rings. The molecule has 3 nitrogen and oxygen atoms in total. The fourth-order valence-electron chi connectivity index (χ4n) is 3.09. The van der Waals surface area contributed by atoms with Crippen molar-refractivity contribution < 1.29 is 13.2 Å². The van der Waals surface area contributed by atoms with E-state index in [-0.39, 0.29) is 0 Å². The van der Waals surface area contributed by atoms with Gasteiger partial charge in [-0.3, -0.25) is 0 Å². The molecule has 0 amide bonds. The zero-order chi connectivity index (χ0) is 17.9. The normalized spacial score (nSPS) is 12.4. The van der Waals surface area contributed by atoms with Gasteiger partial charge < -0.3 is 10.7 Å². The number of nitrogens with one attached hydrogen (secondary N) is 1. The molecule has 3 aromatic heterocycles. The fourth-order valence-corrected chi connectivity index (χ4v) is 4.28. The van der Waals surface area contributed by atoms with Crippen molar-refractivity contribution in [3.05, 3.63) is 47.2 Å². The molecule has 0 aliphatic carbocycles. The molecule has 0 fully saturated rings. The van der Waals surface area contributed by atoms with Crippen LogP contribution in [0.15, 0.2) is 30.3 Å². The largest absolute Gasteiger partial charge is 0.416 e. The Morgan fingerprint density at radius 1 is 1.12 bits per heavy atom. The molecule has 0 atom stereocenters. The summed E-state index contributed by atoms with van der Waals surface area (Å²) in [5, 5.41) is 1.61. The number of hydrogen-bond acceptors (Lipinski definition) is 3. The quantitative estimate of drug-likeness (QED) is 0.459. The molecular weight excluding hydrogens is 347 g/mol. The van der Waals surface area contributed by atoms with Gasteiger partial charge in [0.1, 0.15) is 4.83 Å². The summed E-state index contributed by atoms with van der Waals surface area (Å²) < 4.78 is 38.7. The van der Waals surface area contributed by atoms with Crippen molar-refractivity contribution in [2.24, 2.45) is 0 Å². The number of nitrogens with zero attached hydrogens (tertiary/aromatic N) is 1. The lowest BCUT2D eigenvalue weighted by Gasteiger charge is -2.05. The molecule has 7 heteroatoms. The van der Waals surface area contributed by atoms with Gasteiger partial charge in [0.25, 0.3) is 0 Å². The molecule has 3 N–H and O–H groups in total. The van der Waals surface area contributed by atoms with E-state index >= 15 is 0 Å². The van der Waals surface area contributed by atoms with Gasteiger partial charge in [0.15, 0.2) is 0 Å². The lowest BCUT2D eigenvalue weighted by molar-refractivity contribution is -0.137. The van der Waals surface area contributed by atoms with Crippen LogP contribution in [-0.4, -0.2) is 9.97 Å². The summed E-state index contributed by atoms with van der Waals surface area (Å²) in [6, 6.07) is 7.46. The maximum atomic E-state index is 12.9. The van der Waals surface area contributed by atoms with Gasteiger partial charge in [-0.05, 0) is 43.7 Å². The first kappa shape index (κ1) is 16.0. The number of aromatic amines is 1. The topological polar surface area (TPSA) is 54.7 Å². The zero-order valence-corrected chi connectivity index (χ0v) is 14.3. The van der Waals surface area contributed by atoms with Gasteiger partial charge in [-0.15, -0.1) is 11.3 Å². The number of alkyl halides is 3. The first-order chi connectivity index (χ1) is 11.7. The summed E-state index contributed by atoms with van der Waals surface area (Å²) in [4.78, 5) is 9.21. The van der Waals surface area contributed by atoms with Gasteiger partial charge in [-0.1, -0.05) is 6.07 Å². The van der Waals surface area contributed by atoms with Crippen molar-refractivity contribution in [2.45, 2.75) is 20.0 Å². The second kappa shape index (κ2) is 5.23. The van der Waals surface area contributed by atoms with E-state index in [0.717, 1.165) is 38.5 Å². The van der Waals surface area contributed by atoms with Gasteiger partial charge in [-0.25, -0.2) is 4.98 Å². The summed E-state index contributed by atoms with van der Waals surface area (Å²) in [5.74, 6) is 0. The van der Waals surface area contributed by atoms with Crippen molar-refractivity contribution in [3.63, 3.8) is 0 Å². The van der Waals surface area contributed by atoms with E-state index in [0.29, 0.717) is 22.3 Å². The summed E-state index contributed by atoms with van der Waals surface area (Å²) in [7, 11) is 0. The van der Waals surface area contributed by atoms with E-state index in [1.54, 1.807) is 0 Å². The first-order valence-corrected chi connectivity index (χ1v) is 8.42. The van der Waals surface area contributed by atoms with Crippen LogP contribution in [0, 0.1) is 13.8 Å². The van der Waals surface area contributed by atoms with Gasteiger partial charge in [0.2, 0.25) is 0 Å². The standard InChI is InChI=1S/C18H14F3N3S/c1-8-5-9(2)23-17-14(8)15(22)16(25-17)13-6-10-3-4-11(18(19,20)21)7-12(10)24-13/h3-7,24H,22H2,1-2H3. The van der Waals surface area contributed by atoms with Crippen LogP contribution in [0.3, 0.4) is 0 Å². The molecule has 0 bridgehead atoms. The number of anilines is 1. The Hall–Kier alpha value is -2.54. The number of benzene rings is 1. The predicted molar refractivity (Wildman–Crippen MR) is 95.8 cm³/mol. The number of fused-ring (bicyclic) bond motifs is 2. The summed E-state index contributed by atoms with van der Waals surface area (Å²) in [5.41, 5.74) is 9.32. The number of nitrogens with two attached hydrogens (primary N) is 1. The smallest absolute Gasteiger partial charge is 0.397 e. The van der Waals surface area contributed by atoms with Crippen LogP contribution >= 0.6 is 11.3 Å². The van der Waals surface area contributed by atoms with Crippen molar-refractivity contribution in [3.8, 4) is 10.6 Å². The van der Waals surface area contributed by atoms with Gasteiger partial charge in [0, 0.05) is 22.0 Å². The lowest BCUT2D eigenvalue weighted by Crippen LogP contribution is -2.03. The van der Waals surface area contributed by atoms with Crippen molar-refractivity contribution in [1.29, 1.82) is 0 Å². The molecule has 0 saturated carbocycles. The van der Waals surface area contributed by atoms with Crippen molar-refractivity contribution >= 4 is 38.1 Å². The molecule has 0 spiro atoms. The molecule has 4 rings (SSSR count). The molecule has 0 aliphatic rings. The molecular formula is C18H14F3N3S. The average molecular weight is 361 g/mol. The highest BCUT2D eigenvalue weighted by molar-refractivity contribution is 7.22. The van der Waals surface area contributed by atoms with E-state index in [1.807, 2.05) is 26.0 Å². The highest BCUT2D eigenvalue weighted by atomic mass is 32.1. The van der Waals surface area contributed by atoms with Gasteiger partial charge >= 0.3 is 6.18 Å². The summed E-state index contributed by atoms with van der Waals surface area (Å²) in [6.07, 6.45) is -4.37. The number of pyridine rings is 1. The minimum atomic E-state index is -4.37. The van der Waals surface area contributed by atoms with Crippen LogP contribution in [0.2, 0.25) is 0 Å². The van der Waals surface area contributed by atoms with Gasteiger partial charge in [0.05, 0.1) is 21.8 Å². The fraction of sp³-hybridized carbons (Fsp3) is 0.167. The number of halogens is 3. The SMILES string of the molecule is Cc1cc(C)c2c(N)c(-c3cc4ccc(C(F)(F)F)cc4[nH]3)sc2n1. The van der Waals surface area contributed by atoms with E-state index in [2.05, 4.69) is 9.97 Å². The number of H-pyrrole nitrogens is 1. The first-order valence-electron chi connectivity index (χ1n) is 7.60. The molecule has 25 heavy (non-hydrogen) atoms. The van der Waals surface area contributed by atoms with E-state index in [9.17, 15) is 13.2 Å². The highest BCUT2D eigenvalue weighted by Gasteiger charge is 2.30. The maximum absolute atomic E-state index is 12.9. The van der Waals surface area contributed by atoms with E-state index < -0.39 is 11.7 Å². The lowest BCUT2D eigenvalue weighted by atomic mass is 10.1. The summed E-state index contributed by atoms with van der Waals surface area (Å²) >= 11 is 1.44. The Kier molecular flexibility index (Phi) is 3.34. The molecule has 0 saturated heterocycles. The third-order valence-electron chi connectivity index (χ3n) is 4.22. The number of aryl methyl sites for hydroxylation is 2. The highest BCUT2D eigenvalue weighted by Crippen LogP contribution is 2.42. The number of hydrogen-bond donors (Lipinski definition) is 2. The van der Waals surface area contributed by atoms with Crippen LogP contribution in [0.25, 0.3) is 31.7 Å². The number of rotatable bonds is 1. The predicted octanol–water partition coefficient (Wildman–Crippen LogP) is 5.66. The molecule has 0 aliphatic heterocycles. The number of aromatic nitrogens is 2. The van der Waals surface area contributed by atoms with Crippen LogP contribution in [0.1, 0.15) is 16.8 Å². The molecule has 0 radical (unpaired) electrons. The Labute approximate surface area is 145 Å². The summed E-state index contributed by atoms with van der Waals surface area (Å²) in [6.45, 7) is 3.90. The number of nitrogen functional groups attached to an aromatic ring is 1. The van der Waals surface area contributed by atoms with E-state index in [1.165, 1.54) is 17.4 Å². The Balaban J connectivity index is 1.91. The molecule has 0 unspecified atom stereocenters. The van der Waals surface area contributed by atoms with Crippen LogP contribution < -0.4 is 5.73 Å². The second-order valence-corrected chi connectivity index (χ2v) is 7.09. The molecule has 3 heterocycles. The minimum absolute atomic E-state index is 0.433. The molecule has 128 valence electrons. The average Bonchev–Trinajstić information content (AvgIpc) is 3.06.